The zero-order valence-corrected chi connectivity index (χ0v) is 10.8. The van der Waals surface area contributed by atoms with Crippen LogP contribution in [0.25, 0.3) is 10.8 Å². The molecule has 0 amide bonds. The average molecular weight is 253 g/mol. The highest BCUT2D eigenvalue weighted by molar-refractivity contribution is 5.89. The fourth-order valence-electron chi connectivity index (χ4n) is 2.00. The van der Waals surface area contributed by atoms with Gasteiger partial charge in [0.1, 0.15) is 12.7 Å². The second-order valence-corrected chi connectivity index (χ2v) is 4.34. The Morgan fingerprint density at radius 3 is 2.79 bits per heavy atom. The van der Waals surface area contributed by atoms with Gasteiger partial charge in [-0.25, -0.2) is 0 Å². The van der Waals surface area contributed by atoms with E-state index in [1.165, 1.54) is 0 Å². The average Bonchev–Trinajstić information content (AvgIpc) is 2.44. The second kappa shape index (κ2) is 6.01. The zero-order chi connectivity index (χ0) is 13.7. The Morgan fingerprint density at radius 2 is 2.05 bits per heavy atom. The molecule has 0 heterocycles. The number of carbonyl (C=O) groups excluding carboxylic acids is 1. The molecule has 2 aromatic rings. The molecule has 2 rings (SSSR count). The summed E-state index contributed by atoms with van der Waals surface area (Å²) >= 11 is 0. The molecule has 3 heteroatoms. The number of nitrogens with zero attached hydrogens (tertiary/aromatic N) is 1. The molecule has 0 saturated carbocycles. The van der Waals surface area contributed by atoms with Crippen LogP contribution in [0, 0.1) is 11.3 Å². The van der Waals surface area contributed by atoms with Crippen molar-refractivity contribution in [3.05, 3.63) is 47.5 Å². The van der Waals surface area contributed by atoms with Crippen molar-refractivity contribution in [1.29, 1.82) is 5.26 Å². The van der Waals surface area contributed by atoms with E-state index >= 15 is 0 Å². The minimum Gasteiger partial charge on any atom is -0.461 e. The molecule has 3 nitrogen and oxygen atoms in total. The molecule has 0 atom stereocenters. The highest BCUT2D eigenvalue weighted by Gasteiger charge is 2.09. The first kappa shape index (κ1) is 13.1. The molecule has 0 aliphatic rings. The minimum atomic E-state index is -0.223. The number of carbonyl (C=O) groups is 1. The van der Waals surface area contributed by atoms with Gasteiger partial charge in [0.25, 0.3) is 0 Å². The van der Waals surface area contributed by atoms with Crippen LogP contribution < -0.4 is 0 Å². The molecule has 19 heavy (non-hydrogen) atoms. The summed E-state index contributed by atoms with van der Waals surface area (Å²) in [6.45, 7) is 2.09. The minimum absolute atomic E-state index is 0.159. The lowest BCUT2D eigenvalue weighted by atomic mass is 10.0. The summed E-state index contributed by atoms with van der Waals surface area (Å²) in [5, 5.41) is 11.2. The second-order valence-electron chi connectivity index (χ2n) is 4.34. The standard InChI is InChI=1S/C16H15NO2/c1-2-5-16(18)19-11-13-9-8-12-6-3-4-7-14(12)15(13)10-17/h3-4,6-9H,2,5,11H2,1H3. The van der Waals surface area contributed by atoms with E-state index in [1.807, 2.05) is 43.3 Å². The molecule has 0 bridgehead atoms. The summed E-state index contributed by atoms with van der Waals surface area (Å²) in [7, 11) is 0. The van der Waals surface area contributed by atoms with Crippen LogP contribution in [-0.4, -0.2) is 5.97 Å². The van der Waals surface area contributed by atoms with Gasteiger partial charge in [-0.2, -0.15) is 5.26 Å². The molecule has 0 aromatic heterocycles. The van der Waals surface area contributed by atoms with Gasteiger partial charge in [-0.15, -0.1) is 0 Å². The van der Waals surface area contributed by atoms with Crippen molar-refractivity contribution in [2.24, 2.45) is 0 Å². The smallest absolute Gasteiger partial charge is 0.306 e. The lowest BCUT2D eigenvalue weighted by molar-refractivity contribution is -0.144. The predicted molar refractivity (Wildman–Crippen MR) is 73.4 cm³/mol. The Hall–Kier alpha value is -2.34. The van der Waals surface area contributed by atoms with Gasteiger partial charge in [-0.3, -0.25) is 4.79 Å². The van der Waals surface area contributed by atoms with Crippen LogP contribution in [0.2, 0.25) is 0 Å². The third-order valence-electron chi connectivity index (χ3n) is 2.97. The first-order valence-electron chi connectivity index (χ1n) is 6.32. The summed E-state index contributed by atoms with van der Waals surface area (Å²) < 4.78 is 5.17. The highest BCUT2D eigenvalue weighted by Crippen LogP contribution is 2.22. The van der Waals surface area contributed by atoms with E-state index in [-0.39, 0.29) is 12.6 Å². The molecule has 0 saturated heterocycles. The normalized spacial score (nSPS) is 10.1. The fraction of sp³-hybridized carbons (Fsp3) is 0.250. The van der Waals surface area contributed by atoms with Crippen LogP contribution in [0.3, 0.4) is 0 Å². The zero-order valence-electron chi connectivity index (χ0n) is 10.8. The SMILES string of the molecule is CCCC(=O)OCc1ccc2ccccc2c1C#N. The largest absolute Gasteiger partial charge is 0.461 e. The first-order chi connectivity index (χ1) is 9.26. The number of rotatable bonds is 4. The Kier molecular flexibility index (Phi) is 4.15. The van der Waals surface area contributed by atoms with E-state index in [9.17, 15) is 10.1 Å². The van der Waals surface area contributed by atoms with Crippen molar-refractivity contribution in [2.75, 3.05) is 0 Å². The van der Waals surface area contributed by atoms with Crippen molar-refractivity contribution in [3.8, 4) is 6.07 Å². The lowest BCUT2D eigenvalue weighted by Gasteiger charge is -2.08. The first-order valence-corrected chi connectivity index (χ1v) is 6.32. The van der Waals surface area contributed by atoms with Crippen LogP contribution in [0.5, 0.6) is 0 Å². The van der Waals surface area contributed by atoms with Crippen LogP contribution in [0.4, 0.5) is 0 Å². The van der Waals surface area contributed by atoms with Crippen LogP contribution in [0.15, 0.2) is 36.4 Å². The van der Waals surface area contributed by atoms with Crippen LogP contribution >= 0.6 is 0 Å². The third kappa shape index (κ3) is 2.92. The van der Waals surface area contributed by atoms with Gasteiger partial charge < -0.3 is 4.74 Å². The van der Waals surface area contributed by atoms with Gasteiger partial charge in [0, 0.05) is 12.0 Å². The molecule has 0 aliphatic heterocycles. The molecule has 0 unspecified atom stereocenters. The predicted octanol–water partition coefficient (Wildman–Crippen LogP) is 3.55. The molecule has 0 N–H and O–H groups in total. The summed E-state index contributed by atoms with van der Waals surface area (Å²) in [5.41, 5.74) is 1.34. The maximum Gasteiger partial charge on any atom is 0.306 e. The molecule has 0 spiro atoms. The lowest BCUT2D eigenvalue weighted by Crippen LogP contribution is -2.05. The molecular weight excluding hydrogens is 238 g/mol. The van der Waals surface area contributed by atoms with Gasteiger partial charge in [-0.05, 0) is 17.2 Å². The van der Waals surface area contributed by atoms with Gasteiger partial charge in [-0.1, -0.05) is 43.3 Å². The van der Waals surface area contributed by atoms with Gasteiger partial charge >= 0.3 is 5.97 Å². The van der Waals surface area contributed by atoms with Crippen LogP contribution in [0.1, 0.15) is 30.9 Å². The van der Waals surface area contributed by atoms with E-state index in [0.717, 1.165) is 22.8 Å². The third-order valence-corrected chi connectivity index (χ3v) is 2.97. The number of esters is 1. The van der Waals surface area contributed by atoms with Crippen molar-refractivity contribution in [1.82, 2.24) is 0 Å². The number of ether oxygens (including phenoxy) is 1. The number of fused-ring (bicyclic) bond motifs is 1. The topological polar surface area (TPSA) is 50.1 Å². The van der Waals surface area contributed by atoms with Crippen LogP contribution in [-0.2, 0) is 16.1 Å². The molecule has 2 aromatic carbocycles. The Bertz CT molecular complexity index is 641. The Morgan fingerprint density at radius 1 is 1.26 bits per heavy atom. The highest BCUT2D eigenvalue weighted by atomic mass is 16.5. The van der Waals surface area contributed by atoms with Crippen molar-refractivity contribution in [3.63, 3.8) is 0 Å². The van der Waals surface area contributed by atoms with E-state index in [0.29, 0.717) is 12.0 Å². The summed E-state index contributed by atoms with van der Waals surface area (Å²) in [5.74, 6) is -0.223. The quantitative estimate of drug-likeness (QED) is 0.783. The monoisotopic (exact) mass is 253 g/mol. The molecule has 0 fully saturated rings. The maximum absolute atomic E-state index is 11.4. The molecule has 0 aliphatic carbocycles. The van der Waals surface area contributed by atoms with Crippen molar-refractivity contribution >= 4 is 16.7 Å². The van der Waals surface area contributed by atoms with E-state index in [1.54, 1.807) is 0 Å². The Balaban J connectivity index is 2.29. The Labute approximate surface area is 112 Å². The van der Waals surface area contributed by atoms with E-state index in [2.05, 4.69) is 6.07 Å². The summed E-state index contributed by atoms with van der Waals surface area (Å²) in [6.07, 6.45) is 1.18. The fourth-order valence-corrected chi connectivity index (χ4v) is 2.00. The van der Waals surface area contributed by atoms with Crippen molar-refractivity contribution in [2.45, 2.75) is 26.4 Å². The summed E-state index contributed by atoms with van der Waals surface area (Å²) in [6, 6.07) is 13.7. The van der Waals surface area contributed by atoms with Gasteiger partial charge in [0.2, 0.25) is 0 Å². The van der Waals surface area contributed by atoms with E-state index in [4.69, 9.17) is 4.74 Å². The maximum atomic E-state index is 11.4. The number of hydrogen-bond acceptors (Lipinski definition) is 3. The van der Waals surface area contributed by atoms with Gasteiger partial charge in [0.05, 0.1) is 5.56 Å². The molecular formula is C16H15NO2. The molecule has 96 valence electrons. The number of nitriles is 1. The summed E-state index contributed by atoms with van der Waals surface area (Å²) in [4.78, 5) is 11.4. The number of hydrogen-bond donors (Lipinski definition) is 0. The number of benzene rings is 2. The van der Waals surface area contributed by atoms with Gasteiger partial charge in [0.15, 0.2) is 0 Å². The van der Waals surface area contributed by atoms with Crippen molar-refractivity contribution < 1.29 is 9.53 Å². The van der Waals surface area contributed by atoms with E-state index < -0.39 is 0 Å². The molecule has 0 radical (unpaired) electrons.